The van der Waals surface area contributed by atoms with Gasteiger partial charge in [-0.15, -0.1) is 0 Å². The monoisotopic (exact) mass is 415 g/mol. The first-order chi connectivity index (χ1) is 14.0. The van der Waals surface area contributed by atoms with E-state index < -0.39 is 17.7 Å². The highest BCUT2D eigenvalue weighted by molar-refractivity contribution is 6.46. The number of aliphatic hydroxyl groups excluding tert-OH is 1. The van der Waals surface area contributed by atoms with Crippen LogP contribution in [0.2, 0.25) is 5.02 Å². The molecular formula is C22H22ClNO5. The lowest BCUT2D eigenvalue weighted by Gasteiger charge is -2.25. The molecule has 1 fully saturated rings. The number of aliphatic hydroxyl groups is 1. The molecule has 1 aliphatic rings. The summed E-state index contributed by atoms with van der Waals surface area (Å²) in [6, 6.07) is 12.9. The molecule has 1 aliphatic heterocycles. The summed E-state index contributed by atoms with van der Waals surface area (Å²) in [5.41, 5.74) is 1.12. The van der Waals surface area contributed by atoms with Crippen molar-refractivity contribution in [2.45, 2.75) is 12.5 Å². The van der Waals surface area contributed by atoms with Crippen LogP contribution in [0.25, 0.3) is 5.76 Å². The molecule has 6 nitrogen and oxygen atoms in total. The Morgan fingerprint density at radius 1 is 1.14 bits per heavy atom. The van der Waals surface area contributed by atoms with Gasteiger partial charge in [-0.2, -0.15) is 0 Å². The highest BCUT2D eigenvalue weighted by atomic mass is 35.5. The summed E-state index contributed by atoms with van der Waals surface area (Å²) >= 11 is 6.15. The predicted molar refractivity (Wildman–Crippen MR) is 110 cm³/mol. The van der Waals surface area contributed by atoms with Crippen molar-refractivity contribution in [3.63, 3.8) is 0 Å². The number of ketones is 1. The number of carbonyl (C=O) groups is 2. The fourth-order valence-corrected chi connectivity index (χ4v) is 3.62. The van der Waals surface area contributed by atoms with E-state index in [1.165, 1.54) is 4.90 Å². The molecule has 0 bridgehead atoms. The van der Waals surface area contributed by atoms with E-state index in [-0.39, 0.29) is 11.3 Å². The highest BCUT2D eigenvalue weighted by Crippen LogP contribution is 2.40. The van der Waals surface area contributed by atoms with Crippen LogP contribution in [0.5, 0.6) is 5.75 Å². The van der Waals surface area contributed by atoms with Gasteiger partial charge in [-0.25, -0.2) is 0 Å². The van der Waals surface area contributed by atoms with Gasteiger partial charge in [0.1, 0.15) is 11.5 Å². The fraction of sp³-hybridized carbons (Fsp3) is 0.273. The summed E-state index contributed by atoms with van der Waals surface area (Å²) in [6.07, 6.45) is 0.559. The molecule has 0 aromatic heterocycles. The minimum Gasteiger partial charge on any atom is -0.507 e. The largest absolute Gasteiger partial charge is 0.507 e. The molecule has 1 N–H and O–H groups in total. The van der Waals surface area contributed by atoms with Crippen LogP contribution < -0.4 is 4.74 Å². The topological polar surface area (TPSA) is 76.1 Å². The third-order valence-corrected chi connectivity index (χ3v) is 5.05. The van der Waals surface area contributed by atoms with Gasteiger partial charge in [0.25, 0.3) is 11.7 Å². The Morgan fingerprint density at radius 2 is 1.86 bits per heavy atom. The van der Waals surface area contributed by atoms with Crippen LogP contribution in [0.4, 0.5) is 0 Å². The van der Waals surface area contributed by atoms with Crippen molar-refractivity contribution in [1.82, 2.24) is 4.90 Å². The van der Waals surface area contributed by atoms with E-state index in [0.717, 1.165) is 0 Å². The van der Waals surface area contributed by atoms with E-state index in [1.54, 1.807) is 62.8 Å². The zero-order valence-electron chi connectivity index (χ0n) is 16.2. The SMILES string of the molecule is COCCCN1C(=O)C(=O)/C(=C(\O)c2ccc(OC)cc2)C1c1cccc(Cl)c1. The van der Waals surface area contributed by atoms with Gasteiger partial charge < -0.3 is 19.5 Å². The molecule has 3 rings (SSSR count). The molecule has 152 valence electrons. The smallest absolute Gasteiger partial charge is 0.295 e. The normalized spacial score (nSPS) is 18.3. The van der Waals surface area contributed by atoms with Crippen molar-refractivity contribution in [2.24, 2.45) is 0 Å². The number of benzene rings is 2. The molecule has 2 aromatic rings. The summed E-state index contributed by atoms with van der Waals surface area (Å²) in [5, 5.41) is 11.4. The third kappa shape index (κ3) is 4.28. The van der Waals surface area contributed by atoms with Crippen LogP contribution in [0.15, 0.2) is 54.1 Å². The van der Waals surface area contributed by atoms with E-state index in [0.29, 0.717) is 41.5 Å². The van der Waals surface area contributed by atoms with E-state index >= 15 is 0 Å². The summed E-state index contributed by atoms with van der Waals surface area (Å²) in [4.78, 5) is 27.1. The number of halogens is 1. The van der Waals surface area contributed by atoms with Gasteiger partial charge >= 0.3 is 0 Å². The molecule has 0 aliphatic carbocycles. The molecule has 29 heavy (non-hydrogen) atoms. The lowest BCUT2D eigenvalue weighted by molar-refractivity contribution is -0.140. The van der Waals surface area contributed by atoms with Crippen LogP contribution in [-0.4, -0.2) is 49.1 Å². The van der Waals surface area contributed by atoms with Crippen LogP contribution in [0, 0.1) is 0 Å². The second-order valence-electron chi connectivity index (χ2n) is 6.62. The number of amides is 1. The minimum atomic E-state index is -0.729. The predicted octanol–water partition coefficient (Wildman–Crippen LogP) is 3.81. The number of ether oxygens (including phenoxy) is 2. The zero-order chi connectivity index (χ0) is 21.0. The number of carbonyl (C=O) groups excluding carboxylic acids is 2. The number of hydrogen-bond acceptors (Lipinski definition) is 5. The maximum absolute atomic E-state index is 12.9. The minimum absolute atomic E-state index is 0.0415. The number of hydrogen-bond donors (Lipinski definition) is 1. The second-order valence-corrected chi connectivity index (χ2v) is 7.06. The Kier molecular flexibility index (Phi) is 6.56. The number of rotatable bonds is 7. The molecule has 2 aromatic carbocycles. The molecule has 1 heterocycles. The Morgan fingerprint density at radius 3 is 2.48 bits per heavy atom. The van der Waals surface area contributed by atoms with Crippen LogP contribution in [-0.2, 0) is 14.3 Å². The van der Waals surface area contributed by atoms with E-state index in [1.807, 2.05) is 0 Å². The number of Topliss-reactive ketones (excluding diaryl/α,β-unsaturated/α-hetero) is 1. The molecule has 1 atom stereocenters. The Labute approximate surface area is 174 Å². The first kappa shape index (κ1) is 20.9. The molecule has 1 saturated heterocycles. The maximum Gasteiger partial charge on any atom is 0.295 e. The van der Waals surface area contributed by atoms with Crippen LogP contribution >= 0.6 is 11.6 Å². The van der Waals surface area contributed by atoms with Gasteiger partial charge in [-0.3, -0.25) is 9.59 Å². The van der Waals surface area contributed by atoms with Crippen molar-refractivity contribution in [1.29, 1.82) is 0 Å². The summed E-state index contributed by atoms with van der Waals surface area (Å²) < 4.78 is 10.2. The maximum atomic E-state index is 12.9. The average molecular weight is 416 g/mol. The van der Waals surface area contributed by atoms with Crippen molar-refractivity contribution in [3.8, 4) is 5.75 Å². The van der Waals surface area contributed by atoms with Gasteiger partial charge in [-0.1, -0.05) is 23.7 Å². The molecule has 1 amide bonds. The second kappa shape index (κ2) is 9.11. The van der Waals surface area contributed by atoms with Crippen molar-refractivity contribution in [2.75, 3.05) is 27.4 Å². The quantitative estimate of drug-likeness (QED) is 0.322. The van der Waals surface area contributed by atoms with Gasteiger partial charge in [0.15, 0.2) is 0 Å². The molecular weight excluding hydrogens is 394 g/mol. The number of likely N-dealkylation sites (tertiary alicyclic amines) is 1. The first-order valence-electron chi connectivity index (χ1n) is 9.15. The van der Waals surface area contributed by atoms with E-state index in [9.17, 15) is 14.7 Å². The summed E-state index contributed by atoms with van der Waals surface area (Å²) in [5.74, 6) is -0.986. The van der Waals surface area contributed by atoms with Crippen LogP contribution in [0.3, 0.4) is 0 Å². The van der Waals surface area contributed by atoms with Crippen LogP contribution in [0.1, 0.15) is 23.6 Å². The summed E-state index contributed by atoms with van der Waals surface area (Å²) in [7, 11) is 3.12. The van der Waals surface area contributed by atoms with Crippen molar-refractivity contribution < 1.29 is 24.2 Å². The average Bonchev–Trinajstić information content (AvgIpc) is 2.98. The third-order valence-electron chi connectivity index (χ3n) is 4.82. The Bertz CT molecular complexity index is 938. The number of nitrogens with zero attached hydrogens (tertiary/aromatic N) is 1. The van der Waals surface area contributed by atoms with Crippen molar-refractivity contribution in [3.05, 3.63) is 70.3 Å². The number of methoxy groups -OCH3 is 2. The fourth-order valence-electron chi connectivity index (χ4n) is 3.42. The molecule has 0 saturated carbocycles. The lowest BCUT2D eigenvalue weighted by atomic mass is 9.95. The first-order valence-corrected chi connectivity index (χ1v) is 9.53. The van der Waals surface area contributed by atoms with Gasteiger partial charge in [-0.05, 0) is 48.4 Å². The molecule has 7 heteroatoms. The van der Waals surface area contributed by atoms with E-state index in [2.05, 4.69) is 0 Å². The Hall–Kier alpha value is -2.83. The van der Waals surface area contributed by atoms with Gasteiger partial charge in [0, 0.05) is 30.8 Å². The van der Waals surface area contributed by atoms with Gasteiger partial charge in [0.2, 0.25) is 0 Å². The summed E-state index contributed by atoms with van der Waals surface area (Å²) in [6.45, 7) is 0.763. The molecule has 1 unspecified atom stereocenters. The lowest BCUT2D eigenvalue weighted by Crippen LogP contribution is -2.31. The van der Waals surface area contributed by atoms with Crippen molar-refractivity contribution >= 4 is 29.1 Å². The Balaban J connectivity index is 2.10. The molecule has 0 spiro atoms. The highest BCUT2D eigenvalue weighted by Gasteiger charge is 2.45. The molecule has 0 radical (unpaired) electrons. The van der Waals surface area contributed by atoms with E-state index in [4.69, 9.17) is 21.1 Å². The standard InChI is InChI=1S/C22H22ClNO5/c1-28-12-4-11-24-19(15-5-3-6-16(23)13-15)18(21(26)22(24)27)20(25)14-7-9-17(29-2)10-8-14/h3,5-10,13,19,25H,4,11-12H2,1-2H3/b20-18-. The zero-order valence-corrected chi connectivity index (χ0v) is 17.0. The van der Waals surface area contributed by atoms with Gasteiger partial charge in [0.05, 0.1) is 18.7 Å².